The van der Waals surface area contributed by atoms with Gasteiger partial charge in [-0.15, -0.1) is 0 Å². The van der Waals surface area contributed by atoms with Crippen LogP contribution in [0.2, 0.25) is 0 Å². The minimum atomic E-state index is -0.248. The van der Waals surface area contributed by atoms with Gasteiger partial charge in [-0.25, -0.2) is 4.39 Å². The summed E-state index contributed by atoms with van der Waals surface area (Å²) in [7, 11) is 0. The predicted molar refractivity (Wildman–Crippen MR) is 80.6 cm³/mol. The molecule has 1 aliphatic heterocycles. The van der Waals surface area contributed by atoms with Gasteiger partial charge in [0.05, 0.1) is 11.2 Å². The number of morpholine rings is 1. The molecule has 1 heterocycles. The summed E-state index contributed by atoms with van der Waals surface area (Å²) in [5.74, 6) is -0.201. The van der Waals surface area contributed by atoms with E-state index >= 15 is 0 Å². The van der Waals surface area contributed by atoms with E-state index in [1.807, 2.05) is 6.07 Å². The molecule has 1 fully saturated rings. The summed E-state index contributed by atoms with van der Waals surface area (Å²) in [6.45, 7) is 10.3. The summed E-state index contributed by atoms with van der Waals surface area (Å²) in [6.07, 6.45) is 0.696. The summed E-state index contributed by atoms with van der Waals surface area (Å²) < 4.78 is 19.9. The normalized spacial score (nSPS) is 21.0. The van der Waals surface area contributed by atoms with Crippen LogP contribution in [-0.2, 0) is 11.2 Å². The van der Waals surface area contributed by atoms with E-state index < -0.39 is 0 Å². The van der Waals surface area contributed by atoms with Crippen molar-refractivity contribution < 1.29 is 9.13 Å². The molecule has 3 nitrogen and oxygen atoms in total. The maximum absolute atomic E-state index is 13.8. The SMILES string of the molecule is CC1(C)CN(c2cc(F)cc(CCN)c2)CC(C)(C)O1. The number of halogens is 1. The molecule has 0 radical (unpaired) electrons. The van der Waals surface area contributed by atoms with E-state index in [4.69, 9.17) is 10.5 Å². The highest BCUT2D eigenvalue weighted by molar-refractivity contribution is 5.50. The van der Waals surface area contributed by atoms with Gasteiger partial charge in [0.1, 0.15) is 5.82 Å². The smallest absolute Gasteiger partial charge is 0.125 e. The molecular formula is C16H25FN2O. The molecule has 2 N–H and O–H groups in total. The topological polar surface area (TPSA) is 38.5 Å². The molecule has 4 heteroatoms. The van der Waals surface area contributed by atoms with Gasteiger partial charge < -0.3 is 15.4 Å². The molecular weight excluding hydrogens is 255 g/mol. The molecule has 0 amide bonds. The summed E-state index contributed by atoms with van der Waals surface area (Å²) in [5, 5.41) is 0. The van der Waals surface area contributed by atoms with Crippen LogP contribution in [0.4, 0.5) is 10.1 Å². The van der Waals surface area contributed by atoms with Gasteiger partial charge in [0.15, 0.2) is 0 Å². The van der Waals surface area contributed by atoms with E-state index in [2.05, 4.69) is 32.6 Å². The average Bonchev–Trinajstić information content (AvgIpc) is 2.24. The number of hydrogen-bond donors (Lipinski definition) is 1. The first-order chi connectivity index (χ1) is 9.21. The number of nitrogens with zero attached hydrogens (tertiary/aromatic N) is 1. The van der Waals surface area contributed by atoms with Crippen molar-refractivity contribution in [2.45, 2.75) is 45.3 Å². The summed E-state index contributed by atoms with van der Waals surface area (Å²) >= 11 is 0. The number of anilines is 1. The third-order valence-electron chi connectivity index (χ3n) is 3.44. The largest absolute Gasteiger partial charge is 0.366 e. The highest BCUT2D eigenvalue weighted by Crippen LogP contribution is 2.32. The van der Waals surface area contributed by atoms with Crippen molar-refractivity contribution in [3.05, 3.63) is 29.6 Å². The Bertz CT molecular complexity index is 469. The van der Waals surface area contributed by atoms with E-state index in [0.29, 0.717) is 13.0 Å². The monoisotopic (exact) mass is 280 g/mol. The first-order valence-electron chi connectivity index (χ1n) is 7.15. The van der Waals surface area contributed by atoms with Crippen molar-refractivity contribution in [2.75, 3.05) is 24.5 Å². The Labute approximate surface area is 120 Å². The predicted octanol–water partition coefficient (Wildman–Crippen LogP) is 2.72. The fourth-order valence-electron chi connectivity index (χ4n) is 3.10. The van der Waals surface area contributed by atoms with Gasteiger partial charge in [-0.2, -0.15) is 0 Å². The molecule has 1 saturated heterocycles. The molecule has 1 aromatic carbocycles. The Morgan fingerprint density at radius 2 is 1.75 bits per heavy atom. The van der Waals surface area contributed by atoms with Crippen molar-refractivity contribution in [3.63, 3.8) is 0 Å². The second-order valence-corrected chi connectivity index (χ2v) is 6.83. The Morgan fingerprint density at radius 3 is 2.30 bits per heavy atom. The van der Waals surface area contributed by atoms with Gasteiger partial charge in [-0.3, -0.25) is 0 Å². The molecule has 0 spiro atoms. The van der Waals surface area contributed by atoms with Crippen molar-refractivity contribution in [1.29, 1.82) is 0 Å². The molecule has 2 rings (SSSR count). The molecule has 112 valence electrons. The average molecular weight is 280 g/mol. The molecule has 0 unspecified atom stereocenters. The van der Waals surface area contributed by atoms with Gasteiger partial charge in [0, 0.05) is 18.8 Å². The molecule has 0 aliphatic carbocycles. The number of nitrogens with two attached hydrogens (primary N) is 1. The quantitative estimate of drug-likeness (QED) is 0.925. The van der Waals surface area contributed by atoms with Gasteiger partial charge in [-0.1, -0.05) is 0 Å². The van der Waals surface area contributed by atoms with Crippen molar-refractivity contribution in [1.82, 2.24) is 0 Å². The van der Waals surface area contributed by atoms with Crippen LogP contribution in [0, 0.1) is 5.82 Å². The highest BCUT2D eigenvalue weighted by atomic mass is 19.1. The first kappa shape index (κ1) is 15.3. The van der Waals surface area contributed by atoms with Gasteiger partial charge >= 0.3 is 0 Å². The van der Waals surface area contributed by atoms with Crippen molar-refractivity contribution in [2.24, 2.45) is 5.73 Å². The maximum Gasteiger partial charge on any atom is 0.125 e. The first-order valence-corrected chi connectivity index (χ1v) is 7.15. The highest BCUT2D eigenvalue weighted by Gasteiger charge is 2.38. The van der Waals surface area contributed by atoms with E-state index in [9.17, 15) is 4.39 Å². The van der Waals surface area contributed by atoms with Crippen LogP contribution in [0.1, 0.15) is 33.3 Å². The van der Waals surface area contributed by atoms with Gasteiger partial charge in [0.2, 0.25) is 0 Å². The number of hydrogen-bond acceptors (Lipinski definition) is 3. The molecule has 1 aromatic rings. The lowest BCUT2D eigenvalue weighted by Gasteiger charge is -2.48. The van der Waals surface area contributed by atoms with E-state index in [1.165, 1.54) is 0 Å². The van der Waals surface area contributed by atoms with Crippen LogP contribution in [-0.4, -0.2) is 30.8 Å². The van der Waals surface area contributed by atoms with Crippen molar-refractivity contribution >= 4 is 5.69 Å². The minimum absolute atomic E-state index is 0.201. The van der Waals surface area contributed by atoms with E-state index in [0.717, 1.165) is 24.3 Å². The van der Waals surface area contributed by atoms with Crippen LogP contribution < -0.4 is 10.6 Å². The van der Waals surface area contributed by atoms with Crippen LogP contribution in [0.15, 0.2) is 18.2 Å². The third kappa shape index (κ3) is 3.70. The molecule has 1 aliphatic rings. The molecule has 0 bridgehead atoms. The maximum atomic E-state index is 13.8. The Kier molecular flexibility index (Phi) is 4.07. The zero-order valence-corrected chi connectivity index (χ0v) is 12.9. The lowest BCUT2D eigenvalue weighted by molar-refractivity contribution is -0.133. The Morgan fingerprint density at radius 1 is 1.15 bits per heavy atom. The standard InChI is InChI=1S/C16H25FN2O/c1-15(2)10-19(11-16(3,4)20-15)14-8-12(5-6-18)7-13(17)9-14/h7-9H,5-6,10-11,18H2,1-4H3. The zero-order chi connectivity index (χ0) is 15.0. The van der Waals surface area contributed by atoms with Crippen LogP contribution in [0.3, 0.4) is 0 Å². The Hall–Kier alpha value is -1.13. The lowest BCUT2D eigenvalue weighted by atomic mass is 9.98. The third-order valence-corrected chi connectivity index (χ3v) is 3.44. The number of benzene rings is 1. The lowest BCUT2D eigenvalue weighted by Crippen LogP contribution is -2.57. The fraction of sp³-hybridized carbons (Fsp3) is 0.625. The fourth-order valence-corrected chi connectivity index (χ4v) is 3.10. The molecule has 0 atom stereocenters. The summed E-state index contributed by atoms with van der Waals surface area (Å²) in [6, 6.07) is 5.19. The second kappa shape index (κ2) is 5.34. The zero-order valence-electron chi connectivity index (χ0n) is 12.9. The number of ether oxygens (including phenoxy) is 1. The molecule has 0 saturated carbocycles. The summed E-state index contributed by atoms with van der Waals surface area (Å²) in [5.41, 5.74) is 6.94. The Balaban J connectivity index is 2.30. The molecule has 0 aromatic heterocycles. The molecule has 20 heavy (non-hydrogen) atoms. The van der Waals surface area contributed by atoms with Gasteiger partial charge in [0.25, 0.3) is 0 Å². The number of rotatable bonds is 3. The van der Waals surface area contributed by atoms with Crippen LogP contribution >= 0.6 is 0 Å². The second-order valence-electron chi connectivity index (χ2n) is 6.83. The summed E-state index contributed by atoms with van der Waals surface area (Å²) in [4.78, 5) is 2.20. The van der Waals surface area contributed by atoms with Crippen LogP contribution in [0.25, 0.3) is 0 Å². The van der Waals surface area contributed by atoms with Gasteiger partial charge in [-0.05, 0) is 64.4 Å². The van der Waals surface area contributed by atoms with Crippen LogP contribution in [0.5, 0.6) is 0 Å². The van der Waals surface area contributed by atoms with E-state index in [-0.39, 0.29) is 17.0 Å². The van der Waals surface area contributed by atoms with Crippen molar-refractivity contribution in [3.8, 4) is 0 Å². The van der Waals surface area contributed by atoms with E-state index in [1.54, 1.807) is 12.1 Å². The minimum Gasteiger partial charge on any atom is -0.366 e.